The molecule has 0 bridgehead atoms. The number of fused-ring (bicyclic) bond motifs is 1. The fraction of sp³-hybridized carbons (Fsp3) is 0.364. The van der Waals surface area contributed by atoms with Gasteiger partial charge in [-0.2, -0.15) is 0 Å². The van der Waals surface area contributed by atoms with Crippen LogP contribution in [0.15, 0.2) is 60.8 Å². The SMILES string of the molecule is OC(CNCCCCCc1ccccc1)COc1cccc2[nH]ccc12. The highest BCUT2D eigenvalue weighted by atomic mass is 16.5. The number of aryl methyl sites for hydroxylation is 1. The topological polar surface area (TPSA) is 57.3 Å². The van der Waals surface area contributed by atoms with Gasteiger partial charge in [0.15, 0.2) is 0 Å². The number of benzene rings is 2. The Labute approximate surface area is 155 Å². The monoisotopic (exact) mass is 352 g/mol. The number of hydrogen-bond acceptors (Lipinski definition) is 3. The van der Waals surface area contributed by atoms with Gasteiger partial charge in [-0.1, -0.05) is 42.8 Å². The fourth-order valence-corrected chi connectivity index (χ4v) is 3.10. The molecule has 4 heteroatoms. The molecule has 1 atom stereocenters. The number of aromatic nitrogens is 1. The molecule has 0 aliphatic heterocycles. The minimum absolute atomic E-state index is 0.297. The normalized spacial score (nSPS) is 12.3. The van der Waals surface area contributed by atoms with E-state index in [1.54, 1.807) is 0 Å². The van der Waals surface area contributed by atoms with E-state index in [4.69, 9.17) is 4.74 Å². The van der Waals surface area contributed by atoms with Crippen LogP contribution in [0.3, 0.4) is 0 Å². The van der Waals surface area contributed by atoms with Gasteiger partial charge >= 0.3 is 0 Å². The van der Waals surface area contributed by atoms with E-state index in [0.717, 1.165) is 36.0 Å². The quantitative estimate of drug-likeness (QED) is 0.459. The number of ether oxygens (including phenoxy) is 1. The van der Waals surface area contributed by atoms with E-state index in [1.165, 1.54) is 18.4 Å². The Kier molecular flexibility index (Phi) is 7.11. The smallest absolute Gasteiger partial charge is 0.128 e. The highest BCUT2D eigenvalue weighted by molar-refractivity contribution is 5.85. The highest BCUT2D eigenvalue weighted by Crippen LogP contribution is 2.24. The molecule has 3 rings (SSSR count). The zero-order valence-electron chi connectivity index (χ0n) is 15.2. The Balaban J connectivity index is 1.25. The number of unbranched alkanes of at least 4 members (excludes halogenated alkanes) is 2. The first-order valence-electron chi connectivity index (χ1n) is 9.44. The highest BCUT2D eigenvalue weighted by Gasteiger charge is 2.07. The summed E-state index contributed by atoms with van der Waals surface area (Å²) in [6, 6.07) is 18.5. The molecule has 0 saturated carbocycles. The Morgan fingerprint density at radius 3 is 2.73 bits per heavy atom. The van der Waals surface area contributed by atoms with Crippen LogP contribution in [-0.4, -0.2) is 35.9 Å². The molecule has 1 heterocycles. The van der Waals surface area contributed by atoms with Crippen LogP contribution >= 0.6 is 0 Å². The molecule has 0 fully saturated rings. The number of nitrogens with one attached hydrogen (secondary N) is 2. The van der Waals surface area contributed by atoms with Gasteiger partial charge in [0.25, 0.3) is 0 Å². The Morgan fingerprint density at radius 2 is 1.85 bits per heavy atom. The van der Waals surface area contributed by atoms with Crippen LogP contribution in [-0.2, 0) is 6.42 Å². The van der Waals surface area contributed by atoms with Crippen molar-refractivity contribution in [2.24, 2.45) is 0 Å². The Morgan fingerprint density at radius 1 is 0.962 bits per heavy atom. The molecule has 0 amide bonds. The molecule has 0 aliphatic carbocycles. The van der Waals surface area contributed by atoms with Crippen LogP contribution in [0.4, 0.5) is 0 Å². The van der Waals surface area contributed by atoms with Crippen LogP contribution in [0.1, 0.15) is 24.8 Å². The van der Waals surface area contributed by atoms with Crippen LogP contribution in [0.5, 0.6) is 5.75 Å². The molecule has 1 unspecified atom stereocenters. The standard InChI is InChI=1S/C22H28N2O2/c25-19(17-26-22-12-7-11-21-20(22)13-15-24-21)16-23-14-6-2-5-10-18-8-3-1-4-9-18/h1,3-4,7-9,11-13,15,19,23-25H,2,5-6,10,14,16-17H2. The van der Waals surface area contributed by atoms with Crippen molar-refractivity contribution in [3.05, 3.63) is 66.4 Å². The number of rotatable bonds is 11. The second kappa shape index (κ2) is 10.00. The average Bonchev–Trinajstić information content (AvgIpc) is 3.16. The largest absolute Gasteiger partial charge is 0.490 e. The summed E-state index contributed by atoms with van der Waals surface area (Å²) in [6.07, 6.45) is 6.06. The third-order valence-corrected chi connectivity index (χ3v) is 4.53. The summed E-state index contributed by atoms with van der Waals surface area (Å²) < 4.78 is 5.77. The second-order valence-corrected chi connectivity index (χ2v) is 6.66. The minimum atomic E-state index is -0.506. The zero-order chi connectivity index (χ0) is 18.0. The third-order valence-electron chi connectivity index (χ3n) is 4.53. The maximum absolute atomic E-state index is 10.1. The number of aliphatic hydroxyl groups is 1. The number of aliphatic hydroxyl groups excluding tert-OH is 1. The van der Waals surface area contributed by atoms with E-state index in [2.05, 4.69) is 40.6 Å². The van der Waals surface area contributed by atoms with Gasteiger partial charge in [-0.3, -0.25) is 0 Å². The van der Waals surface area contributed by atoms with Crippen LogP contribution < -0.4 is 10.1 Å². The van der Waals surface area contributed by atoms with E-state index < -0.39 is 6.10 Å². The lowest BCUT2D eigenvalue weighted by Crippen LogP contribution is -2.32. The summed E-state index contributed by atoms with van der Waals surface area (Å²) in [5, 5.41) is 14.5. The van der Waals surface area contributed by atoms with E-state index in [9.17, 15) is 5.11 Å². The predicted molar refractivity (Wildman–Crippen MR) is 107 cm³/mol. The lowest BCUT2D eigenvalue weighted by atomic mass is 10.1. The molecular weight excluding hydrogens is 324 g/mol. The molecule has 138 valence electrons. The van der Waals surface area contributed by atoms with E-state index in [0.29, 0.717) is 13.2 Å². The molecule has 3 aromatic rings. The van der Waals surface area contributed by atoms with Crippen molar-refractivity contribution in [1.82, 2.24) is 10.3 Å². The molecule has 3 N–H and O–H groups in total. The molecule has 26 heavy (non-hydrogen) atoms. The van der Waals surface area contributed by atoms with Crippen molar-refractivity contribution in [3.63, 3.8) is 0 Å². The van der Waals surface area contributed by atoms with Crippen LogP contribution in [0.25, 0.3) is 10.9 Å². The van der Waals surface area contributed by atoms with E-state index >= 15 is 0 Å². The predicted octanol–water partition coefficient (Wildman–Crippen LogP) is 3.91. The van der Waals surface area contributed by atoms with E-state index in [1.807, 2.05) is 30.5 Å². The maximum Gasteiger partial charge on any atom is 0.128 e. The van der Waals surface area contributed by atoms with Gasteiger partial charge < -0.3 is 20.1 Å². The molecule has 0 spiro atoms. The molecule has 0 aliphatic rings. The summed E-state index contributed by atoms with van der Waals surface area (Å²) in [5.74, 6) is 0.809. The van der Waals surface area contributed by atoms with Gasteiger partial charge in [-0.15, -0.1) is 0 Å². The van der Waals surface area contributed by atoms with Gasteiger partial charge in [0.05, 0.1) is 0 Å². The van der Waals surface area contributed by atoms with Crippen molar-refractivity contribution in [1.29, 1.82) is 0 Å². The van der Waals surface area contributed by atoms with Gasteiger partial charge in [-0.05, 0) is 49.6 Å². The van der Waals surface area contributed by atoms with Crippen LogP contribution in [0.2, 0.25) is 0 Å². The molecule has 4 nitrogen and oxygen atoms in total. The van der Waals surface area contributed by atoms with Crippen molar-refractivity contribution < 1.29 is 9.84 Å². The molecule has 1 aromatic heterocycles. The number of aromatic amines is 1. The first-order chi connectivity index (χ1) is 12.8. The average molecular weight is 352 g/mol. The second-order valence-electron chi connectivity index (χ2n) is 6.66. The lowest BCUT2D eigenvalue weighted by molar-refractivity contribution is 0.107. The minimum Gasteiger partial charge on any atom is -0.490 e. The van der Waals surface area contributed by atoms with Gasteiger partial charge in [0.1, 0.15) is 18.5 Å². The van der Waals surface area contributed by atoms with Crippen molar-refractivity contribution in [3.8, 4) is 5.75 Å². The number of H-pyrrole nitrogens is 1. The molecule has 2 aromatic carbocycles. The van der Waals surface area contributed by atoms with Crippen molar-refractivity contribution in [2.75, 3.05) is 19.7 Å². The first-order valence-corrected chi connectivity index (χ1v) is 9.44. The zero-order valence-corrected chi connectivity index (χ0v) is 15.2. The summed E-state index contributed by atoms with van der Waals surface area (Å²) in [6.45, 7) is 1.78. The first kappa shape index (κ1) is 18.5. The summed E-state index contributed by atoms with van der Waals surface area (Å²) in [7, 11) is 0. The summed E-state index contributed by atoms with van der Waals surface area (Å²) in [5.41, 5.74) is 2.45. The molecule has 0 saturated heterocycles. The Hall–Kier alpha value is -2.30. The summed E-state index contributed by atoms with van der Waals surface area (Å²) in [4.78, 5) is 3.16. The van der Waals surface area contributed by atoms with Gasteiger partial charge in [0, 0.05) is 23.6 Å². The van der Waals surface area contributed by atoms with Crippen molar-refractivity contribution >= 4 is 10.9 Å². The van der Waals surface area contributed by atoms with Crippen molar-refractivity contribution in [2.45, 2.75) is 31.8 Å². The lowest BCUT2D eigenvalue weighted by Gasteiger charge is -2.14. The van der Waals surface area contributed by atoms with Gasteiger partial charge in [-0.25, -0.2) is 0 Å². The summed E-state index contributed by atoms with van der Waals surface area (Å²) >= 11 is 0. The molecule has 0 radical (unpaired) electrons. The van der Waals surface area contributed by atoms with Crippen LogP contribution in [0, 0.1) is 0 Å². The third kappa shape index (κ3) is 5.61. The maximum atomic E-state index is 10.1. The van der Waals surface area contributed by atoms with E-state index in [-0.39, 0.29) is 0 Å². The Bertz CT molecular complexity index is 770. The fourth-order valence-electron chi connectivity index (χ4n) is 3.10. The number of hydrogen-bond donors (Lipinski definition) is 3. The van der Waals surface area contributed by atoms with Gasteiger partial charge in [0.2, 0.25) is 0 Å². The molecular formula is C22H28N2O2.